The Balaban J connectivity index is 1.36. The van der Waals surface area contributed by atoms with Crippen LogP contribution in [0.2, 0.25) is 0 Å². The summed E-state index contributed by atoms with van der Waals surface area (Å²) in [4.78, 5) is 49.5. The molecule has 0 fully saturated rings. The number of rotatable bonds is 12. The fourth-order valence-corrected chi connectivity index (χ4v) is 5.88. The number of hydrogen-bond donors (Lipinski definition) is 2. The van der Waals surface area contributed by atoms with E-state index in [9.17, 15) is 32.9 Å². The number of nitro groups is 1. The van der Waals surface area contributed by atoms with Crippen molar-refractivity contribution in [3.8, 4) is 11.1 Å². The molecule has 238 valence electrons. The van der Waals surface area contributed by atoms with Crippen LogP contribution in [0.3, 0.4) is 0 Å². The zero-order valence-electron chi connectivity index (χ0n) is 25.0. The van der Waals surface area contributed by atoms with Gasteiger partial charge in [0.05, 0.1) is 9.82 Å². The summed E-state index contributed by atoms with van der Waals surface area (Å²) in [6.07, 6.45) is -0.892. The number of fused-ring (bicyclic) bond motifs is 3. The molecule has 3 aromatic rings. The molecule has 0 heterocycles. The van der Waals surface area contributed by atoms with Crippen molar-refractivity contribution in [2.45, 2.75) is 37.2 Å². The van der Waals surface area contributed by atoms with Gasteiger partial charge in [-0.15, -0.1) is 0 Å². The molecule has 13 nitrogen and oxygen atoms in total. The van der Waals surface area contributed by atoms with Crippen LogP contribution < -0.4 is 10.0 Å². The number of sulfonamides is 1. The standard InChI is InChI=1S/C31H34N4O9S/c1-31(2,3)44-29(37)19-34(18-28(36)32-16-17-33-45(41,42)22-14-12-21(13-15-22)35(39)40)30(38)43-20-27-25-10-6-4-8-23(25)24-9-5-7-11-26(24)27/h4-15,27,33H,16-20H2,1-3H3,(H,32,36). The van der Waals surface area contributed by atoms with Crippen molar-refractivity contribution in [3.63, 3.8) is 0 Å². The average Bonchev–Trinajstić information content (AvgIpc) is 3.30. The lowest BCUT2D eigenvalue weighted by atomic mass is 9.98. The van der Waals surface area contributed by atoms with Crippen molar-refractivity contribution >= 4 is 33.7 Å². The molecule has 0 saturated heterocycles. The van der Waals surface area contributed by atoms with Crippen LogP contribution in [0.4, 0.5) is 10.5 Å². The molecule has 0 radical (unpaired) electrons. The van der Waals surface area contributed by atoms with Gasteiger partial charge in [-0.1, -0.05) is 48.5 Å². The molecule has 0 saturated carbocycles. The number of carbonyl (C=O) groups excluding carboxylic acids is 3. The van der Waals surface area contributed by atoms with Crippen LogP contribution in [0.15, 0.2) is 77.7 Å². The molecule has 0 atom stereocenters. The number of nitrogens with zero attached hydrogens (tertiary/aromatic N) is 2. The Morgan fingerprint density at radius 3 is 2.02 bits per heavy atom. The number of nitrogens with one attached hydrogen (secondary N) is 2. The SMILES string of the molecule is CC(C)(C)OC(=O)CN(CC(=O)NCCNS(=O)(=O)c1ccc([N+](=O)[O-])cc1)C(=O)OCC1c2ccccc2-c2ccccc21. The highest BCUT2D eigenvalue weighted by atomic mass is 32.2. The normalized spacial score (nSPS) is 12.5. The van der Waals surface area contributed by atoms with E-state index in [1.807, 2.05) is 48.5 Å². The van der Waals surface area contributed by atoms with E-state index in [0.717, 1.165) is 51.4 Å². The zero-order chi connectivity index (χ0) is 32.8. The van der Waals surface area contributed by atoms with Crippen molar-refractivity contribution in [2.75, 3.05) is 32.8 Å². The van der Waals surface area contributed by atoms with E-state index in [4.69, 9.17) is 9.47 Å². The van der Waals surface area contributed by atoms with Crippen LogP contribution >= 0.6 is 0 Å². The molecule has 4 rings (SSSR count). The maximum atomic E-state index is 13.2. The van der Waals surface area contributed by atoms with E-state index >= 15 is 0 Å². The van der Waals surface area contributed by atoms with Crippen LogP contribution in [-0.4, -0.2) is 74.6 Å². The largest absolute Gasteiger partial charge is 0.459 e. The quantitative estimate of drug-likeness (QED) is 0.130. The summed E-state index contributed by atoms with van der Waals surface area (Å²) in [6.45, 7) is 3.55. The van der Waals surface area contributed by atoms with Gasteiger partial charge < -0.3 is 14.8 Å². The predicted octanol–water partition coefficient (Wildman–Crippen LogP) is 3.58. The lowest BCUT2D eigenvalue weighted by molar-refractivity contribution is -0.384. The van der Waals surface area contributed by atoms with Gasteiger partial charge in [-0.3, -0.25) is 24.6 Å². The van der Waals surface area contributed by atoms with Crippen molar-refractivity contribution in [1.82, 2.24) is 14.9 Å². The molecule has 2 amide bonds. The van der Waals surface area contributed by atoms with Crippen molar-refractivity contribution in [1.29, 1.82) is 0 Å². The van der Waals surface area contributed by atoms with E-state index in [-0.39, 0.29) is 36.2 Å². The van der Waals surface area contributed by atoms with Gasteiger partial charge in [0, 0.05) is 31.1 Å². The fraction of sp³-hybridized carbons (Fsp3) is 0.323. The molecule has 2 N–H and O–H groups in total. The van der Waals surface area contributed by atoms with Gasteiger partial charge in [-0.2, -0.15) is 0 Å². The molecule has 3 aromatic carbocycles. The molecular formula is C31H34N4O9S. The van der Waals surface area contributed by atoms with Crippen LogP contribution in [0.25, 0.3) is 11.1 Å². The van der Waals surface area contributed by atoms with Gasteiger partial charge in [-0.05, 0) is 55.2 Å². The first-order valence-corrected chi connectivity index (χ1v) is 15.6. The summed E-state index contributed by atoms with van der Waals surface area (Å²) in [5.74, 6) is -1.64. The number of benzene rings is 3. The second-order valence-electron chi connectivity index (χ2n) is 11.2. The summed E-state index contributed by atoms with van der Waals surface area (Å²) in [7, 11) is -4.00. The third-order valence-corrected chi connectivity index (χ3v) is 8.24. The Hall–Kier alpha value is -4.82. The molecule has 0 spiro atoms. The fourth-order valence-electron chi connectivity index (χ4n) is 4.85. The lowest BCUT2D eigenvalue weighted by Crippen LogP contribution is -2.46. The van der Waals surface area contributed by atoms with E-state index < -0.39 is 51.6 Å². The Bertz CT molecular complexity index is 1640. The maximum Gasteiger partial charge on any atom is 0.410 e. The number of non-ortho nitro benzene ring substituents is 1. The Morgan fingerprint density at radius 2 is 1.47 bits per heavy atom. The van der Waals surface area contributed by atoms with Gasteiger partial charge in [0.2, 0.25) is 15.9 Å². The Kier molecular flexibility index (Phi) is 10.2. The number of carbonyl (C=O) groups is 3. The van der Waals surface area contributed by atoms with Gasteiger partial charge in [0.25, 0.3) is 5.69 Å². The topological polar surface area (TPSA) is 174 Å². The second-order valence-corrected chi connectivity index (χ2v) is 13.0. The highest BCUT2D eigenvalue weighted by Gasteiger charge is 2.31. The van der Waals surface area contributed by atoms with Gasteiger partial charge in [0.1, 0.15) is 25.3 Å². The molecule has 0 unspecified atom stereocenters. The molecule has 0 aromatic heterocycles. The molecule has 0 aliphatic heterocycles. The van der Waals surface area contributed by atoms with E-state index in [0.29, 0.717) is 0 Å². The monoisotopic (exact) mass is 638 g/mol. The maximum absolute atomic E-state index is 13.2. The molecule has 45 heavy (non-hydrogen) atoms. The van der Waals surface area contributed by atoms with Crippen LogP contribution in [0, 0.1) is 10.1 Å². The first-order valence-electron chi connectivity index (χ1n) is 14.1. The lowest BCUT2D eigenvalue weighted by Gasteiger charge is -2.25. The second kappa shape index (κ2) is 13.9. The zero-order valence-corrected chi connectivity index (χ0v) is 25.8. The third-order valence-electron chi connectivity index (χ3n) is 6.77. The summed E-state index contributed by atoms with van der Waals surface area (Å²) < 4.78 is 38.2. The first kappa shape index (κ1) is 33.1. The summed E-state index contributed by atoms with van der Waals surface area (Å²) in [5.41, 5.74) is 3.01. The van der Waals surface area contributed by atoms with Gasteiger partial charge >= 0.3 is 12.1 Å². The minimum atomic E-state index is -4.00. The molecule has 1 aliphatic carbocycles. The summed E-state index contributed by atoms with van der Waals surface area (Å²) in [6, 6.07) is 20.0. The number of nitro benzene ring substituents is 1. The van der Waals surface area contributed by atoms with Crippen LogP contribution in [0.5, 0.6) is 0 Å². The Morgan fingerprint density at radius 1 is 0.889 bits per heavy atom. The van der Waals surface area contributed by atoms with Crippen molar-refractivity contribution < 1.29 is 37.2 Å². The summed E-state index contributed by atoms with van der Waals surface area (Å²) in [5, 5.41) is 13.3. The number of amides is 2. The average molecular weight is 639 g/mol. The van der Waals surface area contributed by atoms with Gasteiger partial charge in [0.15, 0.2) is 0 Å². The van der Waals surface area contributed by atoms with Crippen LogP contribution in [-0.2, 0) is 29.1 Å². The summed E-state index contributed by atoms with van der Waals surface area (Å²) >= 11 is 0. The third kappa shape index (κ3) is 8.64. The van der Waals surface area contributed by atoms with E-state index in [1.165, 1.54) is 0 Å². The van der Waals surface area contributed by atoms with E-state index in [1.54, 1.807) is 20.8 Å². The minimum Gasteiger partial charge on any atom is -0.459 e. The van der Waals surface area contributed by atoms with Crippen LogP contribution in [0.1, 0.15) is 37.8 Å². The molecular weight excluding hydrogens is 604 g/mol. The van der Waals surface area contributed by atoms with E-state index in [2.05, 4.69) is 10.0 Å². The minimum absolute atomic E-state index is 0.0241. The highest BCUT2D eigenvalue weighted by Crippen LogP contribution is 2.44. The first-order chi connectivity index (χ1) is 21.2. The van der Waals surface area contributed by atoms with Gasteiger partial charge in [-0.25, -0.2) is 17.9 Å². The number of hydrogen-bond acceptors (Lipinski definition) is 9. The van der Waals surface area contributed by atoms with Crippen molar-refractivity contribution in [2.24, 2.45) is 0 Å². The number of ether oxygens (including phenoxy) is 2. The molecule has 0 bridgehead atoms. The molecule has 14 heteroatoms. The van der Waals surface area contributed by atoms with Crippen molar-refractivity contribution in [3.05, 3.63) is 94.0 Å². The highest BCUT2D eigenvalue weighted by molar-refractivity contribution is 7.89. The Labute approximate surface area is 260 Å². The molecule has 1 aliphatic rings. The smallest absolute Gasteiger partial charge is 0.410 e. The number of esters is 1. The predicted molar refractivity (Wildman–Crippen MR) is 164 cm³/mol.